The van der Waals surface area contributed by atoms with E-state index in [1.807, 2.05) is 30.0 Å². The van der Waals surface area contributed by atoms with Gasteiger partial charge in [-0.1, -0.05) is 60.2 Å². The van der Waals surface area contributed by atoms with Crippen molar-refractivity contribution >= 4 is 23.4 Å². The predicted molar refractivity (Wildman–Crippen MR) is 132 cm³/mol. The minimum Gasteiger partial charge on any atom is -0.396 e. The highest BCUT2D eigenvalue weighted by Gasteiger charge is 2.42. The second-order valence-corrected chi connectivity index (χ2v) is 11.1. The fraction of sp³-hybridized carbons (Fsp3) is 0.407. The Balaban J connectivity index is 1.38. The van der Waals surface area contributed by atoms with E-state index in [1.54, 1.807) is 0 Å². The van der Waals surface area contributed by atoms with Crippen LogP contribution in [0.5, 0.6) is 0 Å². The number of rotatable bonds is 4. The molecule has 2 aromatic rings. The van der Waals surface area contributed by atoms with Gasteiger partial charge in [0.05, 0.1) is 12.2 Å². The van der Waals surface area contributed by atoms with E-state index in [4.69, 9.17) is 11.6 Å². The van der Waals surface area contributed by atoms with Gasteiger partial charge >= 0.3 is 0 Å². The molecular weight excluding hydrogens is 456 g/mol. The van der Waals surface area contributed by atoms with E-state index in [2.05, 4.69) is 42.5 Å². The van der Waals surface area contributed by atoms with Crippen LogP contribution in [-0.4, -0.2) is 50.6 Å². The summed E-state index contributed by atoms with van der Waals surface area (Å²) < 4.78 is 0. The van der Waals surface area contributed by atoms with Gasteiger partial charge < -0.3 is 20.4 Å². The molecule has 1 heterocycles. The zero-order chi connectivity index (χ0) is 23.1. The van der Waals surface area contributed by atoms with Gasteiger partial charge in [-0.3, -0.25) is 0 Å². The van der Waals surface area contributed by atoms with Crippen molar-refractivity contribution in [2.45, 2.75) is 53.6 Å². The van der Waals surface area contributed by atoms with E-state index in [-0.39, 0.29) is 12.5 Å². The normalized spacial score (nSPS) is 32.9. The van der Waals surface area contributed by atoms with Crippen molar-refractivity contribution in [1.82, 2.24) is 0 Å². The van der Waals surface area contributed by atoms with Crippen LogP contribution >= 0.6 is 23.4 Å². The highest BCUT2D eigenvalue weighted by Crippen LogP contribution is 2.42. The molecule has 2 unspecified atom stereocenters. The smallest absolute Gasteiger partial charge is 0.107 e. The molecule has 0 spiro atoms. The number of aliphatic hydroxyl groups is 4. The van der Waals surface area contributed by atoms with E-state index >= 15 is 0 Å². The average molecular weight is 485 g/mol. The van der Waals surface area contributed by atoms with Crippen LogP contribution in [0.4, 0.5) is 0 Å². The molecule has 1 saturated carbocycles. The number of benzene rings is 2. The highest BCUT2D eigenvalue weighted by atomic mass is 35.5. The lowest BCUT2D eigenvalue weighted by atomic mass is 9.73. The zero-order valence-corrected chi connectivity index (χ0v) is 19.8. The monoisotopic (exact) mass is 484 g/mol. The molecule has 0 radical (unpaired) electrons. The number of thioether (sulfide) groups is 1. The SMILES string of the molecule is OC[C@H]1C[C@@H](c2ccc(Cl)c(Cc3ccc4c(c3)SC3C=CC=CC3C4)c2)[C@H](O)[C@@H](O)[C@@H]1O. The Labute approximate surface area is 203 Å². The first kappa shape index (κ1) is 23.2. The zero-order valence-electron chi connectivity index (χ0n) is 18.2. The van der Waals surface area contributed by atoms with Gasteiger partial charge in [0.1, 0.15) is 6.10 Å². The van der Waals surface area contributed by atoms with Crippen LogP contribution in [0.15, 0.2) is 65.6 Å². The van der Waals surface area contributed by atoms with E-state index < -0.39 is 24.2 Å². The summed E-state index contributed by atoms with van der Waals surface area (Å²) >= 11 is 8.47. The Hall–Kier alpha value is -1.60. The van der Waals surface area contributed by atoms with Crippen LogP contribution in [0, 0.1) is 11.8 Å². The third kappa shape index (κ3) is 4.55. The predicted octanol–water partition coefficient (Wildman–Crippen LogP) is 3.87. The van der Waals surface area contributed by atoms with Crippen LogP contribution < -0.4 is 0 Å². The molecule has 174 valence electrons. The number of hydrogen-bond acceptors (Lipinski definition) is 5. The minimum atomic E-state index is -1.29. The van der Waals surface area contributed by atoms with Gasteiger partial charge in [0, 0.05) is 33.6 Å². The van der Waals surface area contributed by atoms with Gasteiger partial charge in [0.2, 0.25) is 0 Å². The van der Waals surface area contributed by atoms with Crippen molar-refractivity contribution in [2.75, 3.05) is 6.61 Å². The van der Waals surface area contributed by atoms with Crippen LogP contribution in [-0.2, 0) is 12.8 Å². The molecule has 3 aliphatic rings. The largest absolute Gasteiger partial charge is 0.396 e. The molecule has 0 amide bonds. The van der Waals surface area contributed by atoms with Crippen LogP contribution in [0.2, 0.25) is 5.02 Å². The fourth-order valence-corrected chi connectivity index (χ4v) is 6.88. The molecule has 0 saturated heterocycles. The second-order valence-electron chi connectivity index (χ2n) is 9.45. The molecule has 33 heavy (non-hydrogen) atoms. The molecule has 4 N–H and O–H groups in total. The third-order valence-corrected chi connectivity index (χ3v) is 9.10. The number of aliphatic hydroxyl groups excluding tert-OH is 4. The molecule has 0 aromatic heterocycles. The summed E-state index contributed by atoms with van der Waals surface area (Å²) in [6.45, 7) is -0.235. The Morgan fingerprint density at radius 1 is 0.939 bits per heavy atom. The van der Waals surface area contributed by atoms with Gasteiger partial charge in [0.25, 0.3) is 0 Å². The van der Waals surface area contributed by atoms with Crippen LogP contribution in [0.25, 0.3) is 0 Å². The topological polar surface area (TPSA) is 80.9 Å². The van der Waals surface area contributed by atoms with Crippen molar-refractivity contribution in [2.24, 2.45) is 11.8 Å². The molecule has 2 aliphatic carbocycles. The summed E-state index contributed by atoms with van der Waals surface area (Å²) in [6, 6.07) is 12.4. The summed E-state index contributed by atoms with van der Waals surface area (Å²) in [6.07, 6.45) is 7.47. The third-order valence-electron chi connectivity index (χ3n) is 7.32. The number of allylic oxidation sites excluding steroid dienone is 3. The molecule has 7 atom stereocenters. The lowest BCUT2D eigenvalue weighted by Crippen LogP contribution is -2.51. The van der Waals surface area contributed by atoms with E-state index in [0.717, 1.165) is 17.5 Å². The molecule has 1 aliphatic heterocycles. The van der Waals surface area contributed by atoms with Crippen molar-refractivity contribution in [1.29, 1.82) is 0 Å². The average Bonchev–Trinajstić information content (AvgIpc) is 2.83. The summed E-state index contributed by atoms with van der Waals surface area (Å²) in [5.41, 5.74) is 4.39. The molecule has 6 heteroatoms. The van der Waals surface area contributed by atoms with Gasteiger partial charge in [0.15, 0.2) is 0 Å². The standard InChI is InChI=1S/C27H29ClO4S/c28-22-8-7-16(21-13-20(14-29)25(30)27(32)26(21)31)11-19(22)9-15-5-6-18-12-17-3-1-2-4-23(17)33-24(18)10-15/h1-8,10-11,17,20-21,23,25-27,29-32H,9,12-14H2/t17?,20-,21+,23?,25-,26+,27+/m1/s1. The lowest BCUT2D eigenvalue weighted by molar-refractivity contribution is -0.127. The number of fused-ring (bicyclic) bond motifs is 2. The highest BCUT2D eigenvalue weighted by molar-refractivity contribution is 8.00. The van der Waals surface area contributed by atoms with Gasteiger partial charge in [-0.2, -0.15) is 0 Å². The van der Waals surface area contributed by atoms with E-state index in [1.165, 1.54) is 16.0 Å². The van der Waals surface area contributed by atoms with Crippen molar-refractivity contribution in [3.05, 3.63) is 88.0 Å². The van der Waals surface area contributed by atoms with Crippen LogP contribution in [0.1, 0.15) is 34.6 Å². The summed E-state index contributed by atoms with van der Waals surface area (Å²) in [5.74, 6) is -0.292. The Bertz CT molecular complexity index is 1080. The molecule has 1 fully saturated rings. The molecule has 5 rings (SSSR count). The maximum Gasteiger partial charge on any atom is 0.107 e. The number of halogens is 1. The molecular formula is C27H29ClO4S. The number of hydrogen-bond donors (Lipinski definition) is 4. The Morgan fingerprint density at radius 2 is 1.76 bits per heavy atom. The van der Waals surface area contributed by atoms with E-state index in [9.17, 15) is 20.4 Å². The quantitative estimate of drug-likeness (QED) is 0.529. The Morgan fingerprint density at radius 3 is 2.58 bits per heavy atom. The lowest BCUT2D eigenvalue weighted by Gasteiger charge is -2.40. The molecule has 4 nitrogen and oxygen atoms in total. The van der Waals surface area contributed by atoms with Gasteiger partial charge in [-0.15, -0.1) is 11.8 Å². The first-order valence-corrected chi connectivity index (χ1v) is 12.8. The summed E-state index contributed by atoms with van der Waals surface area (Å²) in [5, 5.41) is 41.8. The maximum atomic E-state index is 10.6. The van der Waals surface area contributed by atoms with Crippen molar-refractivity contribution < 1.29 is 20.4 Å². The van der Waals surface area contributed by atoms with Crippen LogP contribution in [0.3, 0.4) is 0 Å². The van der Waals surface area contributed by atoms with Crippen molar-refractivity contribution in [3.63, 3.8) is 0 Å². The molecule has 2 aromatic carbocycles. The van der Waals surface area contributed by atoms with E-state index in [0.29, 0.717) is 29.0 Å². The second kappa shape index (κ2) is 9.57. The summed E-state index contributed by atoms with van der Waals surface area (Å²) in [4.78, 5) is 1.33. The van der Waals surface area contributed by atoms with Crippen molar-refractivity contribution in [3.8, 4) is 0 Å². The Kier molecular flexibility index (Phi) is 6.72. The summed E-state index contributed by atoms with van der Waals surface area (Å²) in [7, 11) is 0. The molecule has 0 bridgehead atoms. The van der Waals surface area contributed by atoms with Gasteiger partial charge in [-0.05, 0) is 59.6 Å². The maximum absolute atomic E-state index is 10.6. The van der Waals surface area contributed by atoms with Gasteiger partial charge in [-0.25, -0.2) is 0 Å². The minimum absolute atomic E-state index is 0.235. The first-order chi connectivity index (χ1) is 15.9. The first-order valence-electron chi connectivity index (χ1n) is 11.5. The fourth-order valence-electron chi connectivity index (χ4n) is 5.35.